The van der Waals surface area contributed by atoms with Gasteiger partial charge in [0.15, 0.2) is 0 Å². The van der Waals surface area contributed by atoms with Gasteiger partial charge in [0.25, 0.3) is 0 Å². The van der Waals surface area contributed by atoms with Crippen molar-refractivity contribution in [3.05, 3.63) is 53.6 Å². The number of halogens is 1. The highest BCUT2D eigenvalue weighted by Gasteiger charge is 2.22. The molecule has 3 aromatic rings. The Morgan fingerprint density at radius 2 is 1.80 bits per heavy atom. The minimum absolute atomic E-state index is 0. The van der Waals surface area contributed by atoms with Gasteiger partial charge in [-0.1, -0.05) is 42.8 Å². The number of carbonyl (C=O) groups is 1. The molecule has 6 heteroatoms. The van der Waals surface area contributed by atoms with E-state index in [0.29, 0.717) is 6.42 Å². The number of nitrogens with zero attached hydrogens (tertiary/aromatic N) is 2. The summed E-state index contributed by atoms with van der Waals surface area (Å²) in [4.78, 5) is 19.5. The van der Waals surface area contributed by atoms with Crippen LogP contribution >= 0.6 is 12.4 Å². The fourth-order valence-electron chi connectivity index (χ4n) is 3.02. The molecule has 1 aromatic heterocycles. The fraction of sp³-hybridized carbons (Fsp3) is 0.211. The molecule has 1 amide bonds. The molecule has 5 nitrogen and oxygen atoms in total. The first-order valence-corrected chi connectivity index (χ1v) is 8.04. The van der Waals surface area contributed by atoms with E-state index in [2.05, 4.69) is 51.7 Å². The van der Waals surface area contributed by atoms with Gasteiger partial charge in [-0.25, -0.2) is 10.4 Å². The van der Waals surface area contributed by atoms with E-state index in [4.69, 9.17) is 0 Å². The summed E-state index contributed by atoms with van der Waals surface area (Å²) in [7, 11) is 0. The lowest BCUT2D eigenvalue weighted by molar-refractivity contribution is -0.121. The van der Waals surface area contributed by atoms with E-state index in [1.54, 1.807) is 0 Å². The molecular formula is C19H19ClN4O. The zero-order valence-corrected chi connectivity index (χ0v) is 14.9. The van der Waals surface area contributed by atoms with E-state index in [9.17, 15) is 4.79 Å². The van der Waals surface area contributed by atoms with Crippen molar-refractivity contribution in [2.45, 2.75) is 20.3 Å². The maximum Gasteiger partial charge on any atom is 0.240 e. The van der Waals surface area contributed by atoms with E-state index in [1.807, 2.05) is 25.1 Å². The predicted octanol–water partition coefficient (Wildman–Crippen LogP) is 3.82. The van der Waals surface area contributed by atoms with E-state index in [1.165, 1.54) is 5.56 Å². The standard InChI is InChI=1S/C19H18N4O.ClH/c1-11-3-5-13(6-4-11)19-20-15-8-7-14(10-16(15)21-19)18-12(2)9-17(24)22-23-18;/h3-8,10,12H,9H2,1-2H3,(H,20,21)(H,22,24);1H. The lowest BCUT2D eigenvalue weighted by atomic mass is 9.94. The van der Waals surface area contributed by atoms with Crippen LogP contribution in [-0.2, 0) is 4.79 Å². The Hall–Kier alpha value is -2.66. The van der Waals surface area contributed by atoms with Gasteiger partial charge in [-0.3, -0.25) is 4.79 Å². The monoisotopic (exact) mass is 354 g/mol. The number of amides is 1. The molecule has 0 saturated heterocycles. The average Bonchev–Trinajstić information content (AvgIpc) is 2.98. The maximum atomic E-state index is 11.4. The van der Waals surface area contributed by atoms with Crippen molar-refractivity contribution in [1.82, 2.24) is 15.4 Å². The summed E-state index contributed by atoms with van der Waals surface area (Å²) in [5.74, 6) is 0.931. The van der Waals surface area contributed by atoms with Gasteiger partial charge in [0, 0.05) is 23.5 Å². The largest absolute Gasteiger partial charge is 0.338 e. The van der Waals surface area contributed by atoms with E-state index < -0.39 is 0 Å². The normalized spacial score (nSPS) is 17.0. The molecular weight excluding hydrogens is 336 g/mol. The fourth-order valence-corrected chi connectivity index (χ4v) is 3.02. The zero-order valence-electron chi connectivity index (χ0n) is 14.0. The molecule has 0 bridgehead atoms. The number of fused-ring (bicyclic) bond motifs is 1. The quantitative estimate of drug-likeness (QED) is 0.734. The highest BCUT2D eigenvalue weighted by Crippen LogP contribution is 2.24. The van der Waals surface area contributed by atoms with Gasteiger partial charge in [-0.05, 0) is 19.1 Å². The van der Waals surface area contributed by atoms with Crippen molar-refractivity contribution in [3.63, 3.8) is 0 Å². The number of rotatable bonds is 2. The van der Waals surface area contributed by atoms with Gasteiger partial charge in [-0.15, -0.1) is 12.4 Å². The Labute approximate surface area is 152 Å². The number of benzene rings is 2. The predicted molar refractivity (Wildman–Crippen MR) is 102 cm³/mol. The molecule has 0 spiro atoms. The molecule has 2 N–H and O–H groups in total. The van der Waals surface area contributed by atoms with Crippen LogP contribution in [0.2, 0.25) is 0 Å². The number of imidazole rings is 1. The second-order valence-electron chi connectivity index (χ2n) is 6.32. The molecule has 0 saturated carbocycles. The lowest BCUT2D eigenvalue weighted by Crippen LogP contribution is -2.31. The van der Waals surface area contributed by atoms with Crippen LogP contribution in [0.1, 0.15) is 24.5 Å². The number of carbonyl (C=O) groups excluding carboxylic acids is 1. The summed E-state index contributed by atoms with van der Waals surface area (Å²) in [6.07, 6.45) is 0.467. The van der Waals surface area contributed by atoms with E-state index in [-0.39, 0.29) is 24.2 Å². The molecule has 4 rings (SSSR count). The smallest absolute Gasteiger partial charge is 0.240 e. The third-order valence-electron chi connectivity index (χ3n) is 4.36. The van der Waals surface area contributed by atoms with Crippen molar-refractivity contribution >= 4 is 35.1 Å². The summed E-state index contributed by atoms with van der Waals surface area (Å²) in [6, 6.07) is 14.3. The van der Waals surface area contributed by atoms with Crippen molar-refractivity contribution in [3.8, 4) is 11.4 Å². The van der Waals surface area contributed by atoms with Crippen molar-refractivity contribution < 1.29 is 4.79 Å². The molecule has 1 aliphatic rings. The van der Waals surface area contributed by atoms with Gasteiger partial charge in [0.05, 0.1) is 16.7 Å². The highest BCUT2D eigenvalue weighted by atomic mass is 35.5. The Bertz CT molecular complexity index is 959. The summed E-state index contributed by atoms with van der Waals surface area (Å²) < 4.78 is 0. The minimum Gasteiger partial charge on any atom is -0.338 e. The molecule has 0 aliphatic carbocycles. The van der Waals surface area contributed by atoms with Crippen LogP contribution in [0.15, 0.2) is 47.6 Å². The molecule has 2 heterocycles. The Morgan fingerprint density at radius 3 is 2.52 bits per heavy atom. The van der Waals surface area contributed by atoms with Crippen LogP contribution in [0.5, 0.6) is 0 Å². The van der Waals surface area contributed by atoms with Crippen molar-refractivity contribution in [2.75, 3.05) is 0 Å². The van der Waals surface area contributed by atoms with Crippen molar-refractivity contribution in [1.29, 1.82) is 0 Å². The van der Waals surface area contributed by atoms with Crippen LogP contribution < -0.4 is 5.43 Å². The third-order valence-corrected chi connectivity index (χ3v) is 4.36. The second kappa shape index (κ2) is 6.69. The number of nitrogens with one attached hydrogen (secondary N) is 2. The van der Waals surface area contributed by atoms with Gasteiger partial charge >= 0.3 is 0 Å². The topological polar surface area (TPSA) is 70.1 Å². The summed E-state index contributed by atoms with van der Waals surface area (Å²) in [5, 5.41) is 4.23. The Kier molecular flexibility index (Phi) is 4.59. The Morgan fingerprint density at radius 1 is 1.08 bits per heavy atom. The summed E-state index contributed by atoms with van der Waals surface area (Å²) >= 11 is 0. The number of hydrogen-bond acceptors (Lipinski definition) is 3. The molecule has 1 unspecified atom stereocenters. The maximum absolute atomic E-state index is 11.4. The average molecular weight is 355 g/mol. The molecule has 0 fully saturated rings. The first kappa shape index (κ1) is 17.2. The lowest BCUT2D eigenvalue weighted by Gasteiger charge is -2.18. The third kappa shape index (κ3) is 3.28. The number of H-pyrrole nitrogens is 1. The highest BCUT2D eigenvalue weighted by molar-refractivity contribution is 6.07. The van der Waals surface area contributed by atoms with E-state index >= 15 is 0 Å². The SMILES string of the molecule is Cc1ccc(-c2nc3ccc(C4=NNC(=O)CC4C)cc3[nH]2)cc1.Cl. The number of hydrazone groups is 1. The molecule has 25 heavy (non-hydrogen) atoms. The molecule has 2 aromatic carbocycles. The molecule has 0 radical (unpaired) electrons. The van der Waals surface area contributed by atoms with Crippen LogP contribution in [0.4, 0.5) is 0 Å². The second-order valence-corrected chi connectivity index (χ2v) is 6.32. The van der Waals surface area contributed by atoms with Gasteiger partial charge in [0.2, 0.25) is 5.91 Å². The van der Waals surface area contributed by atoms with Crippen LogP contribution in [0.25, 0.3) is 22.4 Å². The minimum atomic E-state index is -0.0319. The first-order valence-electron chi connectivity index (χ1n) is 8.04. The summed E-state index contributed by atoms with van der Waals surface area (Å²) in [6.45, 7) is 4.09. The first-order chi connectivity index (χ1) is 11.6. The number of aromatic nitrogens is 2. The molecule has 1 atom stereocenters. The van der Waals surface area contributed by atoms with Crippen LogP contribution in [0, 0.1) is 12.8 Å². The van der Waals surface area contributed by atoms with Gasteiger partial charge in [-0.2, -0.15) is 5.10 Å². The van der Waals surface area contributed by atoms with E-state index in [0.717, 1.165) is 33.7 Å². The zero-order chi connectivity index (χ0) is 16.7. The number of hydrogen-bond donors (Lipinski definition) is 2. The number of aromatic amines is 1. The Balaban J connectivity index is 0.00000182. The molecule has 128 valence electrons. The van der Waals surface area contributed by atoms with Crippen molar-refractivity contribution in [2.24, 2.45) is 11.0 Å². The van der Waals surface area contributed by atoms with Crippen LogP contribution in [0.3, 0.4) is 0 Å². The summed E-state index contributed by atoms with van der Waals surface area (Å²) in [5.41, 5.74) is 8.66. The van der Waals surface area contributed by atoms with Gasteiger partial charge < -0.3 is 4.98 Å². The molecule has 1 aliphatic heterocycles. The van der Waals surface area contributed by atoms with Crippen LogP contribution in [-0.4, -0.2) is 21.6 Å². The number of aryl methyl sites for hydroxylation is 1. The van der Waals surface area contributed by atoms with Gasteiger partial charge in [0.1, 0.15) is 5.82 Å².